The van der Waals surface area contributed by atoms with E-state index >= 15 is 0 Å². The van der Waals surface area contributed by atoms with Crippen molar-refractivity contribution in [3.63, 3.8) is 0 Å². The molecule has 0 aliphatic heterocycles. The van der Waals surface area contributed by atoms with Crippen LogP contribution in [0.2, 0.25) is 5.15 Å². The number of pyridine rings is 1. The van der Waals surface area contributed by atoms with E-state index in [1.54, 1.807) is 19.4 Å². The zero-order chi connectivity index (χ0) is 15.0. The molecule has 3 aromatic rings. The van der Waals surface area contributed by atoms with E-state index in [1.807, 2.05) is 25.1 Å². The van der Waals surface area contributed by atoms with Crippen molar-refractivity contribution >= 4 is 22.4 Å². The minimum Gasteiger partial charge on any atom is -0.497 e. The van der Waals surface area contributed by atoms with Gasteiger partial charge in [0.2, 0.25) is 0 Å². The third kappa shape index (κ3) is 2.45. The van der Waals surface area contributed by atoms with Crippen molar-refractivity contribution in [3.8, 4) is 16.9 Å². The van der Waals surface area contributed by atoms with Gasteiger partial charge in [0.05, 0.1) is 7.11 Å². The third-order valence-electron chi connectivity index (χ3n) is 3.52. The first-order chi connectivity index (χ1) is 10.1. The number of hydrogen-bond acceptors (Lipinski definition) is 2. The molecular weight excluding hydrogens is 289 g/mol. The van der Waals surface area contributed by atoms with Crippen LogP contribution in [-0.2, 0) is 0 Å². The molecule has 0 unspecified atom stereocenters. The Kier molecular flexibility index (Phi) is 3.52. The van der Waals surface area contributed by atoms with Gasteiger partial charge in [0.15, 0.2) is 0 Å². The molecule has 0 atom stereocenters. The fraction of sp³-hybridized carbons (Fsp3) is 0.118. The molecule has 1 heterocycles. The predicted octanol–water partition coefficient (Wildman–Crippen LogP) is 5.01. The Morgan fingerprint density at radius 3 is 2.57 bits per heavy atom. The Labute approximate surface area is 127 Å². The molecule has 3 rings (SSSR count). The van der Waals surface area contributed by atoms with Crippen LogP contribution >= 0.6 is 11.6 Å². The molecule has 0 saturated heterocycles. The maximum absolute atomic E-state index is 13.3. The first-order valence-corrected chi connectivity index (χ1v) is 6.86. The van der Waals surface area contributed by atoms with Gasteiger partial charge in [-0.15, -0.1) is 0 Å². The van der Waals surface area contributed by atoms with Crippen LogP contribution in [0.25, 0.3) is 21.9 Å². The summed E-state index contributed by atoms with van der Waals surface area (Å²) in [4.78, 5) is 4.24. The lowest BCUT2D eigenvalue weighted by Gasteiger charge is -2.11. The first-order valence-electron chi connectivity index (χ1n) is 6.49. The fourth-order valence-electron chi connectivity index (χ4n) is 2.46. The van der Waals surface area contributed by atoms with Crippen molar-refractivity contribution in [3.05, 3.63) is 59.1 Å². The fourth-order valence-corrected chi connectivity index (χ4v) is 2.67. The number of fused-ring (bicyclic) bond motifs is 1. The molecule has 0 radical (unpaired) electrons. The van der Waals surface area contributed by atoms with Crippen LogP contribution in [0.1, 0.15) is 5.56 Å². The standard InChI is InChI=1S/C17H13ClFNO/c1-10-7-11(19)3-5-13(10)16-9-20-17(18)15-8-12(21-2)4-6-14(15)16/h3-9H,1-2H3. The van der Waals surface area contributed by atoms with Crippen LogP contribution in [0.15, 0.2) is 42.6 Å². The summed E-state index contributed by atoms with van der Waals surface area (Å²) in [5.74, 6) is 0.475. The Morgan fingerprint density at radius 2 is 1.86 bits per heavy atom. The van der Waals surface area contributed by atoms with Crippen molar-refractivity contribution in [1.82, 2.24) is 4.98 Å². The van der Waals surface area contributed by atoms with Crippen molar-refractivity contribution < 1.29 is 9.13 Å². The Morgan fingerprint density at radius 1 is 1.05 bits per heavy atom. The summed E-state index contributed by atoms with van der Waals surface area (Å²) in [5, 5.41) is 2.20. The van der Waals surface area contributed by atoms with Gasteiger partial charge in [-0.3, -0.25) is 0 Å². The maximum Gasteiger partial charge on any atom is 0.137 e. The van der Waals surface area contributed by atoms with E-state index in [0.29, 0.717) is 5.15 Å². The Balaban J connectivity index is 2.30. The summed E-state index contributed by atoms with van der Waals surface area (Å²) in [6.45, 7) is 1.88. The summed E-state index contributed by atoms with van der Waals surface area (Å²) < 4.78 is 18.5. The number of methoxy groups -OCH3 is 1. The summed E-state index contributed by atoms with van der Waals surface area (Å²) in [7, 11) is 1.61. The molecule has 0 bridgehead atoms. The largest absolute Gasteiger partial charge is 0.497 e. The van der Waals surface area contributed by atoms with Gasteiger partial charge in [0.1, 0.15) is 16.7 Å². The van der Waals surface area contributed by atoms with Crippen molar-refractivity contribution in [2.45, 2.75) is 6.92 Å². The van der Waals surface area contributed by atoms with Crippen LogP contribution in [0.3, 0.4) is 0 Å². The lowest BCUT2D eigenvalue weighted by Crippen LogP contribution is -1.91. The molecule has 0 aliphatic carbocycles. The van der Waals surface area contributed by atoms with Gasteiger partial charge in [-0.2, -0.15) is 0 Å². The van der Waals surface area contributed by atoms with Gasteiger partial charge in [0.25, 0.3) is 0 Å². The van der Waals surface area contributed by atoms with E-state index in [0.717, 1.165) is 33.2 Å². The molecule has 0 aliphatic rings. The number of aryl methyl sites for hydroxylation is 1. The van der Waals surface area contributed by atoms with Crippen LogP contribution in [-0.4, -0.2) is 12.1 Å². The molecular formula is C17H13ClFNO. The smallest absolute Gasteiger partial charge is 0.137 e. The normalized spacial score (nSPS) is 10.9. The number of halogens is 2. The second kappa shape index (κ2) is 5.34. The quantitative estimate of drug-likeness (QED) is 0.621. The molecule has 2 nitrogen and oxygen atoms in total. The molecule has 2 aromatic carbocycles. The molecule has 0 fully saturated rings. The van der Waals surface area contributed by atoms with Crippen LogP contribution in [0, 0.1) is 12.7 Å². The monoisotopic (exact) mass is 301 g/mol. The summed E-state index contributed by atoms with van der Waals surface area (Å²) >= 11 is 6.18. The highest BCUT2D eigenvalue weighted by molar-refractivity contribution is 6.34. The third-order valence-corrected chi connectivity index (χ3v) is 3.83. The lowest BCUT2D eigenvalue weighted by molar-refractivity contribution is 0.415. The minimum absolute atomic E-state index is 0.246. The summed E-state index contributed by atoms with van der Waals surface area (Å²) in [5.41, 5.74) is 2.72. The summed E-state index contributed by atoms with van der Waals surface area (Å²) in [6, 6.07) is 10.4. The predicted molar refractivity (Wildman–Crippen MR) is 83.4 cm³/mol. The number of benzene rings is 2. The van der Waals surface area contributed by atoms with E-state index in [9.17, 15) is 4.39 Å². The van der Waals surface area contributed by atoms with Crippen LogP contribution < -0.4 is 4.74 Å². The van der Waals surface area contributed by atoms with Gasteiger partial charge in [-0.25, -0.2) is 9.37 Å². The topological polar surface area (TPSA) is 22.1 Å². The molecule has 0 amide bonds. The number of ether oxygens (including phenoxy) is 1. The summed E-state index contributed by atoms with van der Waals surface area (Å²) in [6.07, 6.45) is 1.72. The highest BCUT2D eigenvalue weighted by Gasteiger charge is 2.11. The second-order valence-electron chi connectivity index (χ2n) is 4.83. The molecule has 106 valence electrons. The van der Waals surface area contributed by atoms with E-state index in [1.165, 1.54) is 12.1 Å². The molecule has 0 spiro atoms. The highest BCUT2D eigenvalue weighted by atomic mass is 35.5. The van der Waals surface area contributed by atoms with Crippen molar-refractivity contribution in [1.29, 1.82) is 0 Å². The zero-order valence-corrected chi connectivity index (χ0v) is 12.4. The van der Waals surface area contributed by atoms with Gasteiger partial charge in [-0.1, -0.05) is 17.7 Å². The van der Waals surface area contributed by atoms with Gasteiger partial charge in [0, 0.05) is 17.1 Å². The highest BCUT2D eigenvalue weighted by Crippen LogP contribution is 2.35. The molecule has 4 heteroatoms. The Hall–Kier alpha value is -2.13. The number of hydrogen-bond donors (Lipinski definition) is 0. The molecule has 0 saturated carbocycles. The average Bonchev–Trinajstić information content (AvgIpc) is 2.48. The maximum atomic E-state index is 13.3. The molecule has 1 aromatic heterocycles. The van der Waals surface area contributed by atoms with E-state index in [-0.39, 0.29) is 5.82 Å². The number of nitrogens with zero attached hydrogens (tertiary/aromatic N) is 1. The van der Waals surface area contributed by atoms with Crippen molar-refractivity contribution in [2.24, 2.45) is 0 Å². The van der Waals surface area contributed by atoms with Gasteiger partial charge >= 0.3 is 0 Å². The lowest BCUT2D eigenvalue weighted by atomic mass is 9.97. The molecule has 0 N–H and O–H groups in total. The average molecular weight is 302 g/mol. The second-order valence-corrected chi connectivity index (χ2v) is 5.19. The minimum atomic E-state index is -0.246. The Bertz CT molecular complexity index is 832. The SMILES string of the molecule is COc1ccc2c(-c3ccc(F)cc3C)cnc(Cl)c2c1. The van der Waals surface area contributed by atoms with Gasteiger partial charge < -0.3 is 4.74 Å². The first kappa shape index (κ1) is 13.8. The van der Waals surface area contributed by atoms with E-state index < -0.39 is 0 Å². The number of aromatic nitrogens is 1. The van der Waals surface area contributed by atoms with E-state index in [2.05, 4.69) is 4.98 Å². The van der Waals surface area contributed by atoms with Crippen LogP contribution in [0.4, 0.5) is 4.39 Å². The zero-order valence-electron chi connectivity index (χ0n) is 11.7. The molecule has 21 heavy (non-hydrogen) atoms. The van der Waals surface area contributed by atoms with Gasteiger partial charge in [-0.05, 0) is 53.8 Å². The number of rotatable bonds is 2. The van der Waals surface area contributed by atoms with Crippen LogP contribution in [0.5, 0.6) is 5.75 Å². The van der Waals surface area contributed by atoms with E-state index in [4.69, 9.17) is 16.3 Å². The van der Waals surface area contributed by atoms with Crippen molar-refractivity contribution in [2.75, 3.05) is 7.11 Å².